The summed E-state index contributed by atoms with van der Waals surface area (Å²) < 4.78 is 6.51. The molecule has 2 nitrogen and oxygen atoms in total. The molecule has 1 unspecified atom stereocenters. The molecule has 92 valence electrons. The van der Waals surface area contributed by atoms with Gasteiger partial charge in [0.15, 0.2) is 6.23 Å². The molecule has 0 aliphatic heterocycles. The number of ether oxygens (including phenoxy) is 1. The molecule has 16 heavy (non-hydrogen) atoms. The van der Waals surface area contributed by atoms with Crippen molar-refractivity contribution in [2.45, 2.75) is 26.6 Å². The highest BCUT2D eigenvalue weighted by molar-refractivity contribution is 5.13. The van der Waals surface area contributed by atoms with Gasteiger partial charge in [0.2, 0.25) is 0 Å². The second kappa shape index (κ2) is 6.89. The molecule has 0 fully saturated rings. The van der Waals surface area contributed by atoms with Crippen molar-refractivity contribution in [1.29, 1.82) is 0 Å². The summed E-state index contributed by atoms with van der Waals surface area (Å²) in [4.78, 5) is 0. The van der Waals surface area contributed by atoms with Gasteiger partial charge in [-0.05, 0) is 6.92 Å². The molecule has 0 N–H and O–H groups in total. The molecular formula is C13H22ClNO. The van der Waals surface area contributed by atoms with Crippen molar-refractivity contribution in [2.24, 2.45) is 0 Å². The maximum absolute atomic E-state index is 5.65. The molecule has 1 aromatic carbocycles. The van der Waals surface area contributed by atoms with E-state index in [1.807, 2.05) is 6.92 Å². The van der Waals surface area contributed by atoms with Crippen molar-refractivity contribution in [3.8, 4) is 0 Å². The number of benzene rings is 1. The van der Waals surface area contributed by atoms with E-state index in [2.05, 4.69) is 51.4 Å². The fraction of sp³-hybridized carbons (Fsp3) is 0.538. The van der Waals surface area contributed by atoms with Crippen molar-refractivity contribution in [2.75, 3.05) is 20.7 Å². The third-order valence-corrected chi connectivity index (χ3v) is 2.83. The first-order chi connectivity index (χ1) is 7.06. The Morgan fingerprint density at radius 1 is 1.19 bits per heavy atom. The van der Waals surface area contributed by atoms with Crippen LogP contribution in [0.5, 0.6) is 0 Å². The standard InChI is InChI=1S/C13H22NO.ClH/c1-5-15-12(2)14(3,4)11-13-9-7-6-8-10-13;/h6-10,12H,5,11H2,1-4H3;1H/q+1;/p-1. The summed E-state index contributed by atoms with van der Waals surface area (Å²) in [6.45, 7) is 5.95. The molecule has 0 aromatic heterocycles. The smallest absolute Gasteiger partial charge is 0.190 e. The summed E-state index contributed by atoms with van der Waals surface area (Å²) in [7, 11) is 4.40. The lowest BCUT2D eigenvalue weighted by Gasteiger charge is -2.35. The van der Waals surface area contributed by atoms with Crippen LogP contribution in [0.3, 0.4) is 0 Å². The summed E-state index contributed by atoms with van der Waals surface area (Å²) in [6.07, 6.45) is 0.232. The fourth-order valence-electron chi connectivity index (χ4n) is 1.63. The number of nitrogens with zero attached hydrogens (tertiary/aromatic N) is 1. The number of hydrogen-bond acceptors (Lipinski definition) is 1. The van der Waals surface area contributed by atoms with E-state index in [0.29, 0.717) is 0 Å². The lowest BCUT2D eigenvalue weighted by molar-refractivity contribution is -0.947. The Balaban J connectivity index is 0.00000225. The van der Waals surface area contributed by atoms with Gasteiger partial charge in [0.1, 0.15) is 6.54 Å². The fourth-order valence-corrected chi connectivity index (χ4v) is 1.63. The molecule has 1 atom stereocenters. The Bertz CT molecular complexity index is 287. The van der Waals surface area contributed by atoms with Crippen LogP contribution in [-0.2, 0) is 11.3 Å². The highest BCUT2D eigenvalue weighted by Gasteiger charge is 2.24. The van der Waals surface area contributed by atoms with Gasteiger partial charge in [-0.1, -0.05) is 30.3 Å². The van der Waals surface area contributed by atoms with Gasteiger partial charge < -0.3 is 17.1 Å². The molecule has 0 heterocycles. The summed E-state index contributed by atoms with van der Waals surface area (Å²) in [5.41, 5.74) is 1.36. The molecule has 0 radical (unpaired) electrons. The summed E-state index contributed by atoms with van der Waals surface area (Å²) in [5.74, 6) is 0. The van der Waals surface area contributed by atoms with Crippen LogP contribution in [0, 0.1) is 0 Å². The quantitative estimate of drug-likeness (QED) is 0.508. The van der Waals surface area contributed by atoms with Gasteiger partial charge in [-0.25, -0.2) is 0 Å². The first-order valence-corrected chi connectivity index (χ1v) is 5.54. The molecule has 1 rings (SSSR count). The molecule has 0 amide bonds. The SMILES string of the molecule is CCOC(C)[N+](C)(C)Cc1ccccc1.[Cl-]. The van der Waals surface area contributed by atoms with E-state index < -0.39 is 0 Å². The van der Waals surface area contributed by atoms with Crippen LogP contribution in [0.2, 0.25) is 0 Å². The number of hydrogen-bond donors (Lipinski definition) is 0. The molecule has 0 spiro atoms. The number of halogens is 1. The maximum atomic E-state index is 5.65. The largest absolute Gasteiger partial charge is 1.00 e. The molecule has 0 saturated heterocycles. The molecule has 0 aliphatic rings. The minimum absolute atomic E-state index is 0. The first kappa shape index (κ1) is 15.4. The predicted molar refractivity (Wildman–Crippen MR) is 63.3 cm³/mol. The van der Waals surface area contributed by atoms with Crippen molar-refractivity contribution in [1.82, 2.24) is 0 Å². The van der Waals surface area contributed by atoms with Crippen LogP contribution in [-0.4, -0.2) is 31.4 Å². The monoisotopic (exact) mass is 243 g/mol. The normalized spacial score (nSPS) is 13.0. The third-order valence-electron chi connectivity index (χ3n) is 2.83. The van der Waals surface area contributed by atoms with Crippen LogP contribution in [0.25, 0.3) is 0 Å². The zero-order valence-electron chi connectivity index (χ0n) is 10.6. The van der Waals surface area contributed by atoms with Crippen molar-refractivity contribution in [3.63, 3.8) is 0 Å². The van der Waals surface area contributed by atoms with Crippen molar-refractivity contribution >= 4 is 0 Å². The second-order valence-electron chi connectivity index (χ2n) is 4.48. The second-order valence-corrected chi connectivity index (χ2v) is 4.48. The minimum Gasteiger partial charge on any atom is -1.00 e. The molecule has 1 aromatic rings. The third kappa shape index (κ3) is 4.52. The van der Waals surface area contributed by atoms with E-state index >= 15 is 0 Å². The lowest BCUT2D eigenvalue weighted by Crippen LogP contribution is -3.00. The highest BCUT2D eigenvalue weighted by atomic mass is 35.5. The lowest BCUT2D eigenvalue weighted by atomic mass is 10.2. The Morgan fingerprint density at radius 3 is 2.25 bits per heavy atom. The van der Waals surface area contributed by atoms with Gasteiger partial charge in [-0.15, -0.1) is 0 Å². The average Bonchev–Trinajstić information content (AvgIpc) is 2.19. The van der Waals surface area contributed by atoms with Gasteiger partial charge in [-0.3, -0.25) is 4.48 Å². The van der Waals surface area contributed by atoms with E-state index in [1.165, 1.54) is 5.56 Å². The Kier molecular flexibility index (Phi) is 6.65. The van der Waals surface area contributed by atoms with Gasteiger partial charge >= 0.3 is 0 Å². The molecule has 0 bridgehead atoms. The molecule has 3 heteroatoms. The predicted octanol–water partition coefficient (Wildman–Crippen LogP) is -0.350. The minimum atomic E-state index is 0. The Morgan fingerprint density at radius 2 is 1.75 bits per heavy atom. The van der Waals surface area contributed by atoms with Gasteiger partial charge in [-0.2, -0.15) is 0 Å². The average molecular weight is 244 g/mol. The summed E-state index contributed by atoms with van der Waals surface area (Å²) in [6, 6.07) is 10.5. The highest BCUT2D eigenvalue weighted by Crippen LogP contribution is 2.14. The van der Waals surface area contributed by atoms with Crippen LogP contribution in [0.1, 0.15) is 19.4 Å². The summed E-state index contributed by atoms with van der Waals surface area (Å²) in [5, 5.41) is 0. The van der Waals surface area contributed by atoms with Crippen LogP contribution >= 0.6 is 0 Å². The molecular weight excluding hydrogens is 222 g/mol. The van der Waals surface area contributed by atoms with Crippen LogP contribution in [0.15, 0.2) is 30.3 Å². The summed E-state index contributed by atoms with van der Waals surface area (Å²) >= 11 is 0. The first-order valence-electron chi connectivity index (χ1n) is 5.54. The maximum Gasteiger partial charge on any atom is 0.190 e. The van der Waals surface area contributed by atoms with E-state index in [4.69, 9.17) is 4.74 Å². The zero-order chi connectivity index (χ0) is 11.3. The van der Waals surface area contributed by atoms with Crippen molar-refractivity contribution in [3.05, 3.63) is 35.9 Å². The zero-order valence-corrected chi connectivity index (χ0v) is 11.4. The van der Waals surface area contributed by atoms with E-state index in [9.17, 15) is 0 Å². The van der Waals surface area contributed by atoms with E-state index in [0.717, 1.165) is 17.6 Å². The van der Waals surface area contributed by atoms with Crippen molar-refractivity contribution < 1.29 is 21.6 Å². The molecule has 0 aliphatic carbocycles. The van der Waals surface area contributed by atoms with E-state index in [1.54, 1.807) is 0 Å². The van der Waals surface area contributed by atoms with Crippen LogP contribution in [0.4, 0.5) is 0 Å². The van der Waals surface area contributed by atoms with Gasteiger partial charge in [0.25, 0.3) is 0 Å². The topological polar surface area (TPSA) is 9.23 Å². The Hall–Kier alpha value is -0.570. The number of quaternary nitrogens is 1. The van der Waals surface area contributed by atoms with E-state index in [-0.39, 0.29) is 18.6 Å². The van der Waals surface area contributed by atoms with Gasteiger partial charge in [0.05, 0.1) is 20.7 Å². The molecule has 0 saturated carbocycles. The Labute approximate surface area is 105 Å². The number of rotatable bonds is 5. The van der Waals surface area contributed by atoms with Gasteiger partial charge in [0, 0.05) is 12.5 Å². The van der Waals surface area contributed by atoms with Crippen LogP contribution < -0.4 is 12.4 Å².